The average Bonchev–Trinajstić information content (AvgIpc) is 2.35. The van der Waals surface area contributed by atoms with Gasteiger partial charge >= 0.3 is 6.18 Å². The van der Waals surface area contributed by atoms with E-state index in [1.807, 2.05) is 0 Å². The lowest BCUT2D eigenvalue weighted by atomic mass is 9.79. The normalized spacial score (nSPS) is 27.4. The summed E-state index contributed by atoms with van der Waals surface area (Å²) < 4.78 is 52.4. The zero-order valence-electron chi connectivity index (χ0n) is 10.5. The summed E-state index contributed by atoms with van der Waals surface area (Å²) in [5, 5.41) is 12.4. The van der Waals surface area contributed by atoms with Crippen molar-refractivity contribution in [3.63, 3.8) is 0 Å². The van der Waals surface area contributed by atoms with Gasteiger partial charge in [0.25, 0.3) is 0 Å². The van der Waals surface area contributed by atoms with Crippen LogP contribution in [0.5, 0.6) is 0 Å². The number of alkyl halides is 3. The Bertz CT molecular complexity index is 494. The fourth-order valence-corrected chi connectivity index (χ4v) is 2.59. The molecule has 0 heterocycles. The molecule has 0 saturated heterocycles. The highest BCUT2D eigenvalue weighted by Crippen LogP contribution is 2.42. The molecular weight excluding hydrogens is 298 g/mol. The molecule has 7 heteroatoms. The molecule has 2 rings (SSSR count). The Morgan fingerprint density at radius 2 is 2.00 bits per heavy atom. The van der Waals surface area contributed by atoms with E-state index < -0.39 is 23.6 Å². The molecule has 0 aromatic heterocycles. The third-order valence-corrected chi connectivity index (χ3v) is 3.94. The Morgan fingerprint density at radius 3 is 2.60 bits per heavy atom. The minimum absolute atomic E-state index is 0.106. The zero-order chi connectivity index (χ0) is 15.0. The summed E-state index contributed by atoms with van der Waals surface area (Å²) in [7, 11) is 0. The summed E-state index contributed by atoms with van der Waals surface area (Å²) >= 11 is 5.52. The molecule has 1 saturated carbocycles. The number of rotatable bonds is 2. The SMILES string of the molecule is O[C@]1(C(F)(F)F)CCCC[C@H]1Nc1ccc(Cl)c(F)c1. The molecule has 1 fully saturated rings. The Hall–Kier alpha value is -1.01. The summed E-state index contributed by atoms with van der Waals surface area (Å²) in [6, 6.07) is 2.47. The molecule has 0 amide bonds. The average molecular weight is 312 g/mol. The number of anilines is 1. The predicted molar refractivity (Wildman–Crippen MR) is 68.3 cm³/mol. The Balaban J connectivity index is 2.23. The van der Waals surface area contributed by atoms with E-state index in [0.717, 1.165) is 6.07 Å². The lowest BCUT2D eigenvalue weighted by Crippen LogP contribution is -2.58. The van der Waals surface area contributed by atoms with Gasteiger partial charge in [0.1, 0.15) is 5.82 Å². The van der Waals surface area contributed by atoms with Crippen molar-refractivity contribution in [2.24, 2.45) is 0 Å². The molecule has 112 valence electrons. The van der Waals surface area contributed by atoms with Crippen LogP contribution < -0.4 is 5.32 Å². The molecule has 2 atom stereocenters. The van der Waals surface area contributed by atoms with Crippen LogP contribution in [-0.4, -0.2) is 22.9 Å². The molecule has 2 N–H and O–H groups in total. The van der Waals surface area contributed by atoms with Crippen LogP contribution in [0.4, 0.5) is 23.2 Å². The zero-order valence-corrected chi connectivity index (χ0v) is 11.2. The van der Waals surface area contributed by atoms with Crippen LogP contribution in [0, 0.1) is 5.82 Å². The molecule has 1 aromatic rings. The first-order valence-corrected chi connectivity index (χ1v) is 6.62. The van der Waals surface area contributed by atoms with Gasteiger partial charge in [-0.15, -0.1) is 0 Å². The molecule has 0 spiro atoms. The number of halogens is 5. The first-order chi connectivity index (χ1) is 9.24. The Kier molecular flexibility index (Phi) is 4.16. The minimum atomic E-state index is -4.73. The second kappa shape index (κ2) is 5.41. The predicted octanol–water partition coefficient (Wildman–Crippen LogP) is 4.13. The quantitative estimate of drug-likeness (QED) is 0.805. The summed E-state index contributed by atoms with van der Waals surface area (Å²) in [5.41, 5.74) is -2.62. The first kappa shape index (κ1) is 15.4. The smallest absolute Gasteiger partial charge is 0.379 e. The molecular formula is C13H14ClF4NO. The van der Waals surface area contributed by atoms with Gasteiger partial charge in [0, 0.05) is 5.69 Å². The van der Waals surface area contributed by atoms with Crippen LogP contribution in [0.1, 0.15) is 25.7 Å². The second-order valence-electron chi connectivity index (χ2n) is 4.99. The van der Waals surface area contributed by atoms with E-state index >= 15 is 0 Å². The topological polar surface area (TPSA) is 32.3 Å². The van der Waals surface area contributed by atoms with Crippen molar-refractivity contribution in [1.29, 1.82) is 0 Å². The maximum atomic E-state index is 13.3. The maximum absolute atomic E-state index is 13.3. The fourth-order valence-electron chi connectivity index (χ4n) is 2.47. The molecule has 1 aromatic carbocycles. The third kappa shape index (κ3) is 2.86. The Labute approximate surface area is 118 Å². The minimum Gasteiger partial charge on any atom is -0.379 e. The van der Waals surface area contributed by atoms with Gasteiger partial charge in [-0.25, -0.2) is 4.39 Å². The van der Waals surface area contributed by atoms with Crippen molar-refractivity contribution in [3.05, 3.63) is 29.0 Å². The molecule has 0 radical (unpaired) electrons. The van der Waals surface area contributed by atoms with Gasteiger partial charge in [-0.3, -0.25) is 0 Å². The van der Waals surface area contributed by atoms with Crippen molar-refractivity contribution >= 4 is 17.3 Å². The highest BCUT2D eigenvalue weighted by Gasteiger charge is 2.59. The maximum Gasteiger partial charge on any atom is 0.419 e. The largest absolute Gasteiger partial charge is 0.419 e. The van der Waals surface area contributed by atoms with Gasteiger partial charge in [-0.1, -0.05) is 24.4 Å². The first-order valence-electron chi connectivity index (χ1n) is 6.25. The van der Waals surface area contributed by atoms with Crippen LogP contribution >= 0.6 is 11.6 Å². The summed E-state index contributed by atoms with van der Waals surface area (Å²) in [5.74, 6) is -0.719. The molecule has 0 aliphatic heterocycles. The van der Waals surface area contributed by atoms with Gasteiger partial charge < -0.3 is 10.4 Å². The van der Waals surface area contributed by atoms with E-state index in [-0.39, 0.29) is 23.6 Å². The molecule has 0 bridgehead atoms. The monoisotopic (exact) mass is 311 g/mol. The lowest BCUT2D eigenvalue weighted by molar-refractivity contribution is -0.272. The van der Waals surface area contributed by atoms with Crippen molar-refractivity contribution in [2.45, 2.75) is 43.5 Å². The van der Waals surface area contributed by atoms with Gasteiger partial charge in [0.2, 0.25) is 0 Å². The highest BCUT2D eigenvalue weighted by atomic mass is 35.5. The fraction of sp³-hybridized carbons (Fsp3) is 0.538. The summed E-state index contributed by atoms with van der Waals surface area (Å²) in [6.45, 7) is 0. The summed E-state index contributed by atoms with van der Waals surface area (Å²) in [6.07, 6.45) is -4.03. The van der Waals surface area contributed by atoms with E-state index in [1.54, 1.807) is 0 Å². The van der Waals surface area contributed by atoms with Crippen LogP contribution in [0.15, 0.2) is 18.2 Å². The third-order valence-electron chi connectivity index (χ3n) is 3.63. The number of aliphatic hydroxyl groups is 1. The summed E-state index contributed by atoms with van der Waals surface area (Å²) in [4.78, 5) is 0. The van der Waals surface area contributed by atoms with Crippen LogP contribution in [0.3, 0.4) is 0 Å². The van der Waals surface area contributed by atoms with Gasteiger partial charge in [0.15, 0.2) is 5.60 Å². The van der Waals surface area contributed by atoms with Gasteiger partial charge in [-0.05, 0) is 31.0 Å². The van der Waals surface area contributed by atoms with Crippen LogP contribution in [0.2, 0.25) is 5.02 Å². The second-order valence-corrected chi connectivity index (χ2v) is 5.40. The van der Waals surface area contributed by atoms with Crippen molar-refractivity contribution < 1.29 is 22.7 Å². The van der Waals surface area contributed by atoms with Crippen molar-refractivity contribution in [3.8, 4) is 0 Å². The van der Waals surface area contributed by atoms with Gasteiger partial charge in [-0.2, -0.15) is 13.2 Å². The molecule has 1 aliphatic rings. The van der Waals surface area contributed by atoms with E-state index in [9.17, 15) is 22.7 Å². The number of hydrogen-bond acceptors (Lipinski definition) is 2. The van der Waals surface area contributed by atoms with E-state index in [1.165, 1.54) is 12.1 Å². The number of nitrogens with one attached hydrogen (secondary N) is 1. The number of hydrogen-bond donors (Lipinski definition) is 2. The van der Waals surface area contributed by atoms with Crippen LogP contribution in [0.25, 0.3) is 0 Å². The van der Waals surface area contributed by atoms with E-state index in [0.29, 0.717) is 12.8 Å². The highest BCUT2D eigenvalue weighted by molar-refractivity contribution is 6.30. The van der Waals surface area contributed by atoms with Crippen molar-refractivity contribution in [1.82, 2.24) is 0 Å². The molecule has 0 unspecified atom stereocenters. The van der Waals surface area contributed by atoms with E-state index in [2.05, 4.69) is 5.32 Å². The van der Waals surface area contributed by atoms with E-state index in [4.69, 9.17) is 11.6 Å². The standard InChI is InChI=1S/C13H14ClF4NO/c14-9-5-4-8(7-10(9)15)19-11-3-1-2-6-12(11,20)13(16,17)18/h4-5,7,11,19-20H,1-3,6H2/t11-,12-/m1/s1. The molecule has 1 aliphatic carbocycles. The van der Waals surface area contributed by atoms with Crippen molar-refractivity contribution in [2.75, 3.05) is 5.32 Å². The molecule has 20 heavy (non-hydrogen) atoms. The molecule has 2 nitrogen and oxygen atoms in total. The Morgan fingerprint density at radius 1 is 1.30 bits per heavy atom. The lowest BCUT2D eigenvalue weighted by Gasteiger charge is -2.41. The van der Waals surface area contributed by atoms with Crippen LogP contribution in [-0.2, 0) is 0 Å². The van der Waals surface area contributed by atoms with Gasteiger partial charge in [0.05, 0.1) is 11.1 Å². The number of benzene rings is 1.